The van der Waals surface area contributed by atoms with Gasteiger partial charge < -0.3 is 5.11 Å². The van der Waals surface area contributed by atoms with Crippen molar-refractivity contribution in [1.29, 1.82) is 0 Å². The molecule has 0 saturated carbocycles. The number of hydrogen-bond donors (Lipinski definition) is 1. The van der Waals surface area contributed by atoms with E-state index in [1.54, 1.807) is 0 Å². The number of aliphatic hydroxyl groups is 1. The first-order chi connectivity index (χ1) is 5.74. The molecule has 0 aliphatic rings. The molecular formula is C11H20O. The fourth-order valence-electron chi connectivity index (χ4n) is 1.03. The third-order valence-corrected chi connectivity index (χ3v) is 1.90. The van der Waals surface area contributed by atoms with Gasteiger partial charge in [-0.1, -0.05) is 38.8 Å². The predicted octanol–water partition coefficient (Wildman–Crippen LogP) is 3.97. The zero-order valence-corrected chi connectivity index (χ0v) is 8.43. The van der Waals surface area contributed by atoms with Gasteiger partial charge in [0.2, 0.25) is 0 Å². The zero-order valence-electron chi connectivity index (χ0n) is 8.43. The van der Waals surface area contributed by atoms with Gasteiger partial charge in [-0.05, 0) is 18.9 Å². The van der Waals surface area contributed by atoms with Crippen molar-refractivity contribution in [3.05, 3.63) is 23.5 Å². The molecule has 1 heteroatoms. The Labute approximate surface area is 75.8 Å². The number of allylic oxidation sites excluding steroid dienone is 4. The second-order valence-corrected chi connectivity index (χ2v) is 2.94. The van der Waals surface area contributed by atoms with Gasteiger partial charge in [0.05, 0.1) is 5.76 Å². The molecule has 0 aliphatic carbocycles. The molecule has 0 heterocycles. The van der Waals surface area contributed by atoms with Gasteiger partial charge in [-0.2, -0.15) is 0 Å². The highest BCUT2D eigenvalue weighted by Gasteiger charge is 1.90. The van der Waals surface area contributed by atoms with Crippen molar-refractivity contribution < 1.29 is 5.11 Å². The van der Waals surface area contributed by atoms with Crippen molar-refractivity contribution in [2.45, 2.75) is 46.5 Å². The normalized spacial score (nSPS) is 13.6. The first-order valence-electron chi connectivity index (χ1n) is 4.82. The summed E-state index contributed by atoms with van der Waals surface area (Å²) in [5, 5.41) is 9.19. The van der Waals surface area contributed by atoms with Crippen LogP contribution in [-0.4, -0.2) is 5.11 Å². The summed E-state index contributed by atoms with van der Waals surface area (Å²) in [6, 6.07) is 0. The van der Waals surface area contributed by atoms with Crippen LogP contribution in [0.2, 0.25) is 0 Å². The fraction of sp³-hybridized carbons (Fsp3) is 0.636. The molecular weight excluding hydrogens is 148 g/mol. The average molecular weight is 168 g/mol. The Morgan fingerprint density at radius 3 is 2.17 bits per heavy atom. The summed E-state index contributed by atoms with van der Waals surface area (Å²) < 4.78 is 0. The van der Waals surface area contributed by atoms with Crippen LogP contribution in [0, 0.1) is 0 Å². The SMILES string of the molecule is CCC/C(=C/C=C(/O)CC)CC. The van der Waals surface area contributed by atoms with E-state index in [1.165, 1.54) is 12.0 Å². The van der Waals surface area contributed by atoms with E-state index in [2.05, 4.69) is 13.8 Å². The van der Waals surface area contributed by atoms with E-state index in [9.17, 15) is 5.11 Å². The largest absolute Gasteiger partial charge is 0.512 e. The molecule has 0 fully saturated rings. The Bertz CT molecular complexity index is 166. The highest BCUT2D eigenvalue weighted by atomic mass is 16.3. The standard InChI is InChI=1S/C11H20O/c1-4-7-10(5-2)8-9-11(12)6-3/h8-9,12H,4-7H2,1-3H3/b10-8+,11-9+. The van der Waals surface area contributed by atoms with Gasteiger partial charge in [0.1, 0.15) is 0 Å². The Morgan fingerprint density at radius 2 is 1.75 bits per heavy atom. The number of hydrogen-bond acceptors (Lipinski definition) is 1. The molecule has 0 amide bonds. The molecule has 1 N–H and O–H groups in total. The zero-order chi connectivity index (χ0) is 9.40. The van der Waals surface area contributed by atoms with Crippen LogP contribution in [0.15, 0.2) is 23.5 Å². The summed E-state index contributed by atoms with van der Waals surface area (Å²) >= 11 is 0. The monoisotopic (exact) mass is 168 g/mol. The van der Waals surface area contributed by atoms with Crippen molar-refractivity contribution in [3.63, 3.8) is 0 Å². The van der Waals surface area contributed by atoms with E-state index < -0.39 is 0 Å². The summed E-state index contributed by atoms with van der Waals surface area (Å²) in [6.07, 6.45) is 7.99. The van der Waals surface area contributed by atoms with E-state index in [4.69, 9.17) is 0 Å². The maximum atomic E-state index is 9.19. The third-order valence-electron chi connectivity index (χ3n) is 1.90. The maximum Gasteiger partial charge on any atom is 0.0919 e. The summed E-state index contributed by atoms with van der Waals surface area (Å²) in [7, 11) is 0. The van der Waals surface area contributed by atoms with Gasteiger partial charge in [0.25, 0.3) is 0 Å². The Hall–Kier alpha value is -0.720. The molecule has 0 bridgehead atoms. The first-order valence-corrected chi connectivity index (χ1v) is 4.82. The summed E-state index contributed by atoms with van der Waals surface area (Å²) in [5.74, 6) is 0.469. The molecule has 0 saturated heterocycles. The maximum absolute atomic E-state index is 9.19. The molecule has 0 atom stereocenters. The summed E-state index contributed by atoms with van der Waals surface area (Å²) in [6.45, 7) is 6.27. The van der Waals surface area contributed by atoms with Gasteiger partial charge in [-0.15, -0.1) is 0 Å². The Balaban J connectivity index is 4.09. The summed E-state index contributed by atoms with van der Waals surface area (Å²) in [4.78, 5) is 0. The van der Waals surface area contributed by atoms with E-state index in [0.29, 0.717) is 5.76 Å². The van der Waals surface area contributed by atoms with E-state index in [1.807, 2.05) is 19.1 Å². The molecule has 1 nitrogen and oxygen atoms in total. The fourth-order valence-corrected chi connectivity index (χ4v) is 1.03. The van der Waals surface area contributed by atoms with Crippen LogP contribution in [0.4, 0.5) is 0 Å². The van der Waals surface area contributed by atoms with Gasteiger partial charge in [0.15, 0.2) is 0 Å². The van der Waals surface area contributed by atoms with Gasteiger partial charge in [-0.3, -0.25) is 0 Å². The van der Waals surface area contributed by atoms with Crippen molar-refractivity contribution >= 4 is 0 Å². The quantitative estimate of drug-likeness (QED) is 0.486. The van der Waals surface area contributed by atoms with Crippen molar-refractivity contribution in [1.82, 2.24) is 0 Å². The van der Waals surface area contributed by atoms with Crippen LogP contribution in [-0.2, 0) is 0 Å². The topological polar surface area (TPSA) is 20.2 Å². The molecule has 0 rings (SSSR count). The third kappa shape index (κ3) is 5.00. The second kappa shape index (κ2) is 6.96. The minimum Gasteiger partial charge on any atom is -0.512 e. The molecule has 70 valence electrons. The molecule has 0 aliphatic heterocycles. The molecule has 12 heavy (non-hydrogen) atoms. The van der Waals surface area contributed by atoms with Crippen LogP contribution in [0.3, 0.4) is 0 Å². The lowest BCUT2D eigenvalue weighted by Crippen LogP contribution is -1.80. The number of aliphatic hydroxyl groups excluding tert-OH is 1. The van der Waals surface area contributed by atoms with Crippen LogP contribution in [0.5, 0.6) is 0 Å². The van der Waals surface area contributed by atoms with Crippen molar-refractivity contribution in [2.75, 3.05) is 0 Å². The van der Waals surface area contributed by atoms with Gasteiger partial charge in [-0.25, -0.2) is 0 Å². The molecule has 0 unspecified atom stereocenters. The Kier molecular flexibility index (Phi) is 6.54. The van der Waals surface area contributed by atoms with Crippen molar-refractivity contribution in [2.24, 2.45) is 0 Å². The minimum atomic E-state index is 0.469. The van der Waals surface area contributed by atoms with E-state index >= 15 is 0 Å². The minimum absolute atomic E-state index is 0.469. The first kappa shape index (κ1) is 11.3. The number of rotatable bonds is 5. The van der Waals surface area contributed by atoms with Crippen LogP contribution >= 0.6 is 0 Å². The lowest BCUT2D eigenvalue weighted by molar-refractivity contribution is 0.394. The average Bonchev–Trinajstić information content (AvgIpc) is 2.11. The highest BCUT2D eigenvalue weighted by Crippen LogP contribution is 2.09. The van der Waals surface area contributed by atoms with Crippen LogP contribution in [0.25, 0.3) is 0 Å². The van der Waals surface area contributed by atoms with Crippen molar-refractivity contribution in [3.8, 4) is 0 Å². The molecule has 0 radical (unpaired) electrons. The molecule has 0 aromatic rings. The molecule has 0 aromatic carbocycles. The van der Waals surface area contributed by atoms with Crippen LogP contribution in [0.1, 0.15) is 46.5 Å². The second-order valence-electron chi connectivity index (χ2n) is 2.94. The Morgan fingerprint density at radius 1 is 1.08 bits per heavy atom. The van der Waals surface area contributed by atoms with E-state index in [0.717, 1.165) is 19.3 Å². The van der Waals surface area contributed by atoms with Crippen LogP contribution < -0.4 is 0 Å². The van der Waals surface area contributed by atoms with E-state index in [-0.39, 0.29) is 0 Å². The highest BCUT2D eigenvalue weighted by molar-refractivity contribution is 5.14. The smallest absolute Gasteiger partial charge is 0.0919 e. The lowest BCUT2D eigenvalue weighted by atomic mass is 10.1. The predicted molar refractivity (Wildman–Crippen MR) is 54.3 cm³/mol. The van der Waals surface area contributed by atoms with Gasteiger partial charge in [0, 0.05) is 6.42 Å². The van der Waals surface area contributed by atoms with Gasteiger partial charge >= 0.3 is 0 Å². The summed E-state index contributed by atoms with van der Waals surface area (Å²) in [5.41, 5.74) is 1.41. The molecule has 0 spiro atoms. The molecule has 0 aromatic heterocycles. The lowest BCUT2D eigenvalue weighted by Gasteiger charge is -1.99.